The van der Waals surface area contributed by atoms with Gasteiger partial charge in [0.25, 0.3) is 0 Å². The fourth-order valence-corrected chi connectivity index (χ4v) is 3.99. The minimum atomic E-state index is -0.718. The third kappa shape index (κ3) is 5.48. The lowest BCUT2D eigenvalue weighted by molar-refractivity contribution is -0.138. The molecule has 3 N–H and O–H groups in total. The summed E-state index contributed by atoms with van der Waals surface area (Å²) in [5, 5.41) is 22.2. The zero-order chi connectivity index (χ0) is 22.5. The summed E-state index contributed by atoms with van der Waals surface area (Å²) in [4.78, 5) is 27.5. The molecule has 0 saturated heterocycles. The highest BCUT2D eigenvalue weighted by Gasteiger charge is 2.24. The molecule has 0 radical (unpaired) electrons. The fraction of sp³-hybridized carbons (Fsp3) is 0.348. The lowest BCUT2D eigenvalue weighted by atomic mass is 9.77. The number of nitrogens with zero attached hydrogens (tertiary/aromatic N) is 3. The van der Waals surface area contributed by atoms with Gasteiger partial charge in [-0.05, 0) is 73.8 Å². The molecule has 166 valence electrons. The van der Waals surface area contributed by atoms with Crippen LogP contribution in [0.15, 0.2) is 47.0 Å². The second kappa shape index (κ2) is 9.59. The van der Waals surface area contributed by atoms with Crippen molar-refractivity contribution in [2.45, 2.75) is 44.9 Å². The largest absolute Gasteiger partial charge is 0.481 e. The maximum absolute atomic E-state index is 12.4. The molecule has 0 spiro atoms. The molecule has 1 aliphatic carbocycles. The first-order chi connectivity index (χ1) is 15.5. The van der Waals surface area contributed by atoms with Crippen LogP contribution in [0.4, 0.5) is 17.5 Å². The molecule has 2 heterocycles. The number of benzene rings is 1. The number of carboxylic acid groups (broad SMARTS) is 1. The number of aromatic nitrogens is 3. The molecule has 1 saturated carbocycles. The van der Waals surface area contributed by atoms with Crippen LogP contribution in [0, 0.1) is 12.8 Å². The molecule has 0 aliphatic heterocycles. The molecule has 9 heteroatoms. The molecule has 1 aliphatic rings. The van der Waals surface area contributed by atoms with Crippen molar-refractivity contribution in [2.24, 2.45) is 5.92 Å². The fourth-order valence-electron chi connectivity index (χ4n) is 3.99. The molecular formula is C23H25N5O4. The van der Waals surface area contributed by atoms with Crippen molar-refractivity contribution in [1.82, 2.24) is 15.2 Å². The van der Waals surface area contributed by atoms with Gasteiger partial charge in [-0.1, -0.05) is 23.3 Å². The SMILES string of the molecule is Cc1ccc(Nc2nnc(C(=O)Nc3ccc(C4CCC(CC(=O)O)CC4)cc3)o2)nc1. The van der Waals surface area contributed by atoms with E-state index in [4.69, 9.17) is 9.52 Å². The Morgan fingerprint density at radius 3 is 2.47 bits per heavy atom. The summed E-state index contributed by atoms with van der Waals surface area (Å²) in [6.07, 6.45) is 5.79. The number of carbonyl (C=O) groups excluding carboxylic acids is 1. The first-order valence-electron chi connectivity index (χ1n) is 10.6. The van der Waals surface area contributed by atoms with Crippen LogP contribution < -0.4 is 10.6 Å². The van der Waals surface area contributed by atoms with Crippen LogP contribution in [0.2, 0.25) is 0 Å². The molecule has 1 amide bonds. The summed E-state index contributed by atoms with van der Waals surface area (Å²) < 4.78 is 5.38. The summed E-state index contributed by atoms with van der Waals surface area (Å²) in [5.74, 6) is -0.129. The number of nitrogens with one attached hydrogen (secondary N) is 2. The third-order valence-electron chi connectivity index (χ3n) is 5.72. The van der Waals surface area contributed by atoms with Crippen molar-refractivity contribution >= 4 is 29.4 Å². The molecule has 0 atom stereocenters. The highest BCUT2D eigenvalue weighted by atomic mass is 16.4. The predicted octanol–water partition coefficient (Wildman–Crippen LogP) is 4.52. The smallest absolute Gasteiger partial charge is 0.321 e. The highest BCUT2D eigenvalue weighted by molar-refractivity contribution is 6.00. The van der Waals surface area contributed by atoms with Crippen molar-refractivity contribution in [3.05, 3.63) is 59.6 Å². The number of carboxylic acids is 1. The van der Waals surface area contributed by atoms with Crippen LogP contribution in [-0.2, 0) is 4.79 Å². The second-order valence-electron chi connectivity index (χ2n) is 8.15. The van der Waals surface area contributed by atoms with Crippen LogP contribution in [-0.4, -0.2) is 32.2 Å². The lowest BCUT2D eigenvalue weighted by Gasteiger charge is -2.28. The number of hydrogen-bond donors (Lipinski definition) is 3. The minimum absolute atomic E-state index is 0.0837. The summed E-state index contributed by atoms with van der Waals surface area (Å²) in [6, 6.07) is 11.5. The number of amides is 1. The molecule has 32 heavy (non-hydrogen) atoms. The van der Waals surface area contributed by atoms with Gasteiger partial charge in [0.05, 0.1) is 0 Å². The molecule has 2 aromatic heterocycles. The maximum atomic E-state index is 12.4. The van der Waals surface area contributed by atoms with Gasteiger partial charge in [-0.15, -0.1) is 5.10 Å². The standard InChI is InChI=1S/C23H25N5O4/c1-14-2-11-19(24-13-14)26-23-28-27-22(32-23)21(31)25-18-9-7-17(8-10-18)16-5-3-15(4-6-16)12-20(29)30/h2,7-11,13,15-16H,3-6,12H2,1H3,(H,25,31)(H,29,30)(H,24,26,28). The topological polar surface area (TPSA) is 130 Å². The van der Waals surface area contributed by atoms with Crippen LogP contribution in [0.1, 0.15) is 59.8 Å². The average Bonchev–Trinajstić information content (AvgIpc) is 3.25. The number of hydrogen-bond acceptors (Lipinski definition) is 7. The Labute approximate surface area is 185 Å². The van der Waals surface area contributed by atoms with Crippen molar-refractivity contribution < 1.29 is 19.1 Å². The molecular weight excluding hydrogens is 410 g/mol. The zero-order valence-electron chi connectivity index (χ0n) is 17.7. The van der Waals surface area contributed by atoms with Gasteiger partial charge in [0.2, 0.25) is 0 Å². The van der Waals surface area contributed by atoms with E-state index in [0.29, 0.717) is 17.4 Å². The molecule has 4 rings (SSSR count). The Morgan fingerprint density at radius 1 is 1.06 bits per heavy atom. The molecule has 1 aromatic carbocycles. The van der Waals surface area contributed by atoms with Gasteiger partial charge in [-0.25, -0.2) is 4.98 Å². The van der Waals surface area contributed by atoms with E-state index in [1.807, 2.05) is 37.3 Å². The van der Waals surface area contributed by atoms with Crippen LogP contribution in [0.5, 0.6) is 0 Å². The Kier molecular flexibility index (Phi) is 6.44. The number of carbonyl (C=O) groups is 2. The number of aliphatic carboxylic acids is 1. The Morgan fingerprint density at radius 2 is 1.81 bits per heavy atom. The highest BCUT2D eigenvalue weighted by Crippen LogP contribution is 2.37. The van der Waals surface area contributed by atoms with E-state index >= 15 is 0 Å². The Balaban J connectivity index is 1.31. The van der Waals surface area contributed by atoms with Gasteiger partial charge >= 0.3 is 23.8 Å². The van der Waals surface area contributed by atoms with Crippen molar-refractivity contribution in [3.63, 3.8) is 0 Å². The zero-order valence-corrected chi connectivity index (χ0v) is 17.7. The molecule has 1 fully saturated rings. The summed E-state index contributed by atoms with van der Waals surface area (Å²) in [6.45, 7) is 1.94. The van der Waals surface area contributed by atoms with Crippen LogP contribution in [0.3, 0.4) is 0 Å². The second-order valence-corrected chi connectivity index (χ2v) is 8.15. The Bertz CT molecular complexity index is 1070. The van der Waals surface area contributed by atoms with Gasteiger partial charge in [0.15, 0.2) is 0 Å². The molecule has 0 bridgehead atoms. The van der Waals surface area contributed by atoms with E-state index in [2.05, 4.69) is 25.8 Å². The van der Waals surface area contributed by atoms with Gasteiger partial charge in [-0.3, -0.25) is 14.9 Å². The third-order valence-corrected chi connectivity index (χ3v) is 5.72. The minimum Gasteiger partial charge on any atom is -0.481 e. The van der Waals surface area contributed by atoms with Gasteiger partial charge in [0, 0.05) is 18.3 Å². The number of anilines is 3. The Hall–Kier alpha value is -3.75. The van der Waals surface area contributed by atoms with E-state index in [9.17, 15) is 9.59 Å². The normalized spacial score (nSPS) is 18.2. The van der Waals surface area contributed by atoms with Crippen LogP contribution >= 0.6 is 0 Å². The van der Waals surface area contributed by atoms with E-state index in [-0.39, 0.29) is 24.2 Å². The van der Waals surface area contributed by atoms with E-state index in [1.54, 1.807) is 12.3 Å². The number of aryl methyl sites for hydroxylation is 1. The monoisotopic (exact) mass is 435 g/mol. The van der Waals surface area contributed by atoms with Gasteiger partial charge < -0.3 is 14.8 Å². The average molecular weight is 435 g/mol. The van der Waals surface area contributed by atoms with E-state index < -0.39 is 11.9 Å². The van der Waals surface area contributed by atoms with Crippen LogP contribution in [0.25, 0.3) is 0 Å². The van der Waals surface area contributed by atoms with E-state index in [0.717, 1.165) is 31.2 Å². The predicted molar refractivity (Wildman–Crippen MR) is 118 cm³/mol. The quantitative estimate of drug-likeness (QED) is 0.494. The molecule has 0 unspecified atom stereocenters. The van der Waals surface area contributed by atoms with Crippen molar-refractivity contribution in [2.75, 3.05) is 10.6 Å². The van der Waals surface area contributed by atoms with Gasteiger partial charge in [-0.2, -0.15) is 0 Å². The first-order valence-corrected chi connectivity index (χ1v) is 10.6. The van der Waals surface area contributed by atoms with Gasteiger partial charge in [0.1, 0.15) is 5.82 Å². The molecule has 3 aromatic rings. The maximum Gasteiger partial charge on any atom is 0.321 e. The number of rotatable bonds is 7. The first kappa shape index (κ1) is 21.5. The molecule has 9 nitrogen and oxygen atoms in total. The van der Waals surface area contributed by atoms with Crippen molar-refractivity contribution in [3.8, 4) is 0 Å². The summed E-state index contributed by atoms with van der Waals surface area (Å²) in [7, 11) is 0. The summed E-state index contributed by atoms with van der Waals surface area (Å²) in [5.41, 5.74) is 2.86. The lowest BCUT2D eigenvalue weighted by Crippen LogP contribution is -2.16. The number of pyridine rings is 1. The summed E-state index contributed by atoms with van der Waals surface area (Å²) >= 11 is 0. The van der Waals surface area contributed by atoms with Crippen molar-refractivity contribution in [1.29, 1.82) is 0 Å². The van der Waals surface area contributed by atoms with E-state index in [1.165, 1.54) is 5.56 Å².